The van der Waals surface area contributed by atoms with Crippen molar-refractivity contribution >= 4 is 27.3 Å². The number of nitrogens with zero attached hydrogens (tertiary/aromatic N) is 2. The summed E-state index contributed by atoms with van der Waals surface area (Å²) in [5.41, 5.74) is -0.180. The van der Waals surface area contributed by atoms with Crippen LogP contribution in [0.3, 0.4) is 0 Å². The van der Waals surface area contributed by atoms with Gasteiger partial charge in [-0.1, -0.05) is 13.0 Å². The van der Waals surface area contributed by atoms with Crippen molar-refractivity contribution in [3.63, 3.8) is 0 Å². The Hall–Kier alpha value is -0.650. The third kappa shape index (κ3) is 2.32. The van der Waals surface area contributed by atoms with Crippen LogP contribution in [0, 0.1) is 0 Å². The van der Waals surface area contributed by atoms with E-state index in [0.717, 1.165) is 28.0 Å². The highest BCUT2D eigenvalue weighted by Crippen LogP contribution is 2.36. The zero-order valence-electron chi connectivity index (χ0n) is 9.85. The van der Waals surface area contributed by atoms with Crippen molar-refractivity contribution < 1.29 is 5.11 Å². The van der Waals surface area contributed by atoms with E-state index < -0.39 is 5.60 Å². The molecular weight excluding hydrogens is 300 g/mol. The summed E-state index contributed by atoms with van der Waals surface area (Å²) >= 11 is 5.02. The third-order valence-electron chi connectivity index (χ3n) is 2.69. The van der Waals surface area contributed by atoms with E-state index in [4.69, 9.17) is 0 Å². The average Bonchev–Trinajstić information content (AvgIpc) is 2.88. The Labute approximate surface area is 113 Å². The van der Waals surface area contributed by atoms with Crippen molar-refractivity contribution in [1.82, 2.24) is 9.78 Å². The maximum Gasteiger partial charge on any atom is 0.138 e. The van der Waals surface area contributed by atoms with Crippen molar-refractivity contribution in [2.75, 3.05) is 0 Å². The summed E-state index contributed by atoms with van der Waals surface area (Å²) in [6.45, 7) is 4.72. The van der Waals surface area contributed by atoms with Gasteiger partial charge in [0.05, 0.1) is 16.4 Å². The highest BCUT2D eigenvalue weighted by atomic mass is 79.9. The molecule has 0 aliphatic carbocycles. The number of hydrogen-bond donors (Lipinski definition) is 1. The van der Waals surface area contributed by atoms with Crippen LogP contribution in [0.2, 0.25) is 0 Å². The molecule has 0 saturated carbocycles. The maximum atomic E-state index is 10.7. The average molecular weight is 315 g/mol. The van der Waals surface area contributed by atoms with Gasteiger partial charge in [-0.05, 0) is 40.7 Å². The molecule has 0 spiro atoms. The van der Waals surface area contributed by atoms with E-state index in [2.05, 4.69) is 28.0 Å². The molecule has 1 N–H and O–H groups in total. The van der Waals surface area contributed by atoms with Gasteiger partial charge in [0.2, 0.25) is 0 Å². The van der Waals surface area contributed by atoms with E-state index in [9.17, 15) is 5.11 Å². The quantitative estimate of drug-likeness (QED) is 0.939. The Balaban J connectivity index is 2.48. The molecule has 2 aromatic heterocycles. The molecule has 1 atom stereocenters. The van der Waals surface area contributed by atoms with Crippen LogP contribution in [0.5, 0.6) is 0 Å². The summed E-state index contributed by atoms with van der Waals surface area (Å²) in [7, 11) is 0. The monoisotopic (exact) mass is 314 g/mol. The molecule has 0 aliphatic rings. The van der Waals surface area contributed by atoms with Crippen molar-refractivity contribution in [1.29, 1.82) is 0 Å². The largest absolute Gasteiger partial charge is 0.378 e. The molecular formula is C12H15BrN2OS. The Morgan fingerprint density at radius 2 is 2.35 bits per heavy atom. The van der Waals surface area contributed by atoms with E-state index in [1.165, 1.54) is 0 Å². The first-order valence-electron chi connectivity index (χ1n) is 5.55. The normalized spacial score (nSPS) is 14.8. The Morgan fingerprint density at radius 3 is 2.94 bits per heavy atom. The highest BCUT2D eigenvalue weighted by Gasteiger charge is 2.32. The van der Waals surface area contributed by atoms with Crippen LogP contribution in [0.15, 0.2) is 28.2 Å². The number of aromatic nitrogens is 2. The van der Waals surface area contributed by atoms with E-state index >= 15 is 0 Å². The van der Waals surface area contributed by atoms with Gasteiger partial charge in [-0.2, -0.15) is 5.10 Å². The topological polar surface area (TPSA) is 38.0 Å². The minimum absolute atomic E-state index is 0.808. The highest BCUT2D eigenvalue weighted by molar-refractivity contribution is 9.10. The molecule has 0 aromatic carbocycles. The lowest BCUT2D eigenvalue weighted by Crippen LogP contribution is -2.26. The predicted octanol–water partition coefficient (Wildman–Crippen LogP) is 3.37. The van der Waals surface area contributed by atoms with E-state index in [1.807, 2.05) is 29.1 Å². The summed E-state index contributed by atoms with van der Waals surface area (Å²) in [6, 6.07) is 3.89. The first kappa shape index (κ1) is 12.8. The molecule has 0 aliphatic heterocycles. The van der Waals surface area contributed by atoms with Gasteiger partial charge in [0, 0.05) is 11.4 Å². The number of aryl methyl sites for hydroxylation is 1. The van der Waals surface area contributed by atoms with Crippen LogP contribution in [0.25, 0.3) is 0 Å². The van der Waals surface area contributed by atoms with Crippen LogP contribution in [-0.2, 0) is 12.1 Å². The minimum atomic E-state index is -1.00. The van der Waals surface area contributed by atoms with Crippen molar-refractivity contribution in [2.45, 2.75) is 32.4 Å². The predicted molar refractivity (Wildman–Crippen MR) is 73.2 cm³/mol. The second-order valence-electron chi connectivity index (χ2n) is 4.11. The molecule has 2 heterocycles. The molecule has 2 aromatic rings. The fourth-order valence-electron chi connectivity index (χ4n) is 1.90. The summed E-state index contributed by atoms with van der Waals surface area (Å²) in [5.74, 6) is 0. The molecule has 0 amide bonds. The first-order chi connectivity index (χ1) is 8.07. The third-order valence-corrected chi connectivity index (χ3v) is 4.35. The van der Waals surface area contributed by atoms with Gasteiger partial charge in [0.15, 0.2) is 0 Å². The standard InChI is InChI=1S/C12H15BrN2OS/c1-3-6-15-11(9(13)8-14-15)12(2,16)10-5-4-7-17-10/h4-5,7-8,16H,3,6H2,1-2H3. The molecule has 3 nitrogen and oxygen atoms in total. The molecule has 0 fully saturated rings. The number of rotatable bonds is 4. The lowest BCUT2D eigenvalue weighted by atomic mass is 10.0. The van der Waals surface area contributed by atoms with Crippen LogP contribution >= 0.6 is 27.3 Å². The number of aliphatic hydroxyl groups is 1. The molecule has 5 heteroatoms. The smallest absolute Gasteiger partial charge is 0.138 e. The lowest BCUT2D eigenvalue weighted by Gasteiger charge is -2.24. The molecule has 1 unspecified atom stereocenters. The Morgan fingerprint density at radius 1 is 1.59 bits per heavy atom. The molecule has 92 valence electrons. The Bertz CT molecular complexity index is 491. The van der Waals surface area contributed by atoms with Gasteiger partial charge in [0.1, 0.15) is 5.60 Å². The summed E-state index contributed by atoms with van der Waals surface area (Å²) in [6.07, 6.45) is 2.73. The summed E-state index contributed by atoms with van der Waals surface area (Å²) in [4.78, 5) is 0.927. The fourth-order valence-corrected chi connectivity index (χ4v) is 3.37. The lowest BCUT2D eigenvalue weighted by molar-refractivity contribution is 0.0945. The summed E-state index contributed by atoms with van der Waals surface area (Å²) in [5, 5.41) is 17.0. The molecule has 0 saturated heterocycles. The SMILES string of the molecule is CCCn1ncc(Br)c1C(C)(O)c1cccs1. The second-order valence-corrected chi connectivity index (χ2v) is 5.92. The van der Waals surface area contributed by atoms with Crippen LogP contribution in [-0.4, -0.2) is 14.9 Å². The van der Waals surface area contributed by atoms with E-state index in [1.54, 1.807) is 17.5 Å². The van der Waals surface area contributed by atoms with Crippen LogP contribution in [0.4, 0.5) is 0 Å². The van der Waals surface area contributed by atoms with Crippen molar-refractivity contribution in [3.8, 4) is 0 Å². The molecule has 0 bridgehead atoms. The van der Waals surface area contributed by atoms with Gasteiger partial charge >= 0.3 is 0 Å². The molecule has 0 radical (unpaired) electrons. The van der Waals surface area contributed by atoms with Gasteiger partial charge in [0.25, 0.3) is 0 Å². The molecule has 2 rings (SSSR count). The number of halogens is 1. The van der Waals surface area contributed by atoms with Gasteiger partial charge in [-0.25, -0.2) is 0 Å². The number of thiophene rings is 1. The number of hydrogen-bond acceptors (Lipinski definition) is 3. The Kier molecular flexibility index (Phi) is 3.70. The fraction of sp³-hybridized carbons (Fsp3) is 0.417. The van der Waals surface area contributed by atoms with Gasteiger partial charge in [-0.3, -0.25) is 4.68 Å². The van der Waals surface area contributed by atoms with Crippen molar-refractivity contribution in [3.05, 3.63) is 38.8 Å². The zero-order chi connectivity index (χ0) is 12.5. The van der Waals surface area contributed by atoms with Gasteiger partial charge < -0.3 is 5.11 Å². The van der Waals surface area contributed by atoms with Gasteiger partial charge in [-0.15, -0.1) is 11.3 Å². The molecule has 17 heavy (non-hydrogen) atoms. The van der Waals surface area contributed by atoms with Crippen molar-refractivity contribution in [2.24, 2.45) is 0 Å². The van der Waals surface area contributed by atoms with E-state index in [0.29, 0.717) is 0 Å². The van der Waals surface area contributed by atoms with Crippen LogP contribution < -0.4 is 0 Å². The van der Waals surface area contributed by atoms with Crippen LogP contribution in [0.1, 0.15) is 30.8 Å². The van der Waals surface area contributed by atoms with E-state index in [-0.39, 0.29) is 0 Å². The zero-order valence-corrected chi connectivity index (χ0v) is 12.3. The summed E-state index contributed by atoms with van der Waals surface area (Å²) < 4.78 is 2.72. The maximum absolute atomic E-state index is 10.7. The first-order valence-corrected chi connectivity index (χ1v) is 7.22. The minimum Gasteiger partial charge on any atom is -0.378 e. The second kappa shape index (κ2) is 4.92.